The van der Waals surface area contributed by atoms with Crippen LogP contribution in [0.4, 0.5) is 0 Å². The molecule has 0 bridgehead atoms. The molecule has 0 fully saturated rings. The van der Waals surface area contributed by atoms with Crippen molar-refractivity contribution in [1.29, 1.82) is 0 Å². The minimum Gasteiger partial charge on any atom is -0.479 e. The highest BCUT2D eigenvalue weighted by Gasteiger charge is 2.06. The van der Waals surface area contributed by atoms with E-state index < -0.39 is 37.1 Å². The monoisotopic (exact) mass is 430 g/mol. The summed E-state index contributed by atoms with van der Waals surface area (Å²) in [6, 6.07) is 0. The summed E-state index contributed by atoms with van der Waals surface area (Å²) >= 11 is 0. The van der Waals surface area contributed by atoms with Crippen molar-refractivity contribution in [1.82, 2.24) is 0 Å². The SMILES string of the molecule is O=C(O)COC(=O)CCCCCCCCCCCCCCCCC(=O)OCC(=O)O. The number of hydrogen-bond donors (Lipinski definition) is 2. The van der Waals surface area contributed by atoms with Crippen molar-refractivity contribution in [2.75, 3.05) is 13.2 Å². The first-order valence-electron chi connectivity index (χ1n) is 11.2. The van der Waals surface area contributed by atoms with Crippen LogP contribution < -0.4 is 0 Å². The quantitative estimate of drug-likeness (QED) is 0.201. The number of ether oxygens (including phenoxy) is 2. The first-order chi connectivity index (χ1) is 14.4. The number of carbonyl (C=O) groups is 4. The standard InChI is InChI=1S/C22H38O8/c23-19(24)17-29-21(27)15-13-11-9-7-5-3-1-2-4-6-8-10-12-14-16-22(28)30-18-20(25)26/h1-18H2,(H,23,24)(H,25,26). The van der Waals surface area contributed by atoms with Gasteiger partial charge >= 0.3 is 23.9 Å². The zero-order valence-electron chi connectivity index (χ0n) is 18.1. The van der Waals surface area contributed by atoms with E-state index >= 15 is 0 Å². The van der Waals surface area contributed by atoms with E-state index in [9.17, 15) is 19.2 Å². The van der Waals surface area contributed by atoms with Gasteiger partial charge in [0.2, 0.25) is 0 Å². The Morgan fingerprint density at radius 1 is 0.433 bits per heavy atom. The van der Waals surface area contributed by atoms with Crippen LogP contribution in [0.3, 0.4) is 0 Å². The Balaban J connectivity index is 3.19. The van der Waals surface area contributed by atoms with Crippen LogP contribution in [0.15, 0.2) is 0 Å². The van der Waals surface area contributed by atoms with E-state index in [1.54, 1.807) is 0 Å². The van der Waals surface area contributed by atoms with E-state index in [0.29, 0.717) is 12.8 Å². The molecule has 0 spiro atoms. The summed E-state index contributed by atoms with van der Waals surface area (Å²) in [5.41, 5.74) is 0. The molecule has 0 saturated heterocycles. The van der Waals surface area contributed by atoms with E-state index in [1.807, 2.05) is 0 Å². The lowest BCUT2D eigenvalue weighted by atomic mass is 10.0. The molecule has 8 heteroatoms. The smallest absolute Gasteiger partial charge is 0.341 e. The van der Waals surface area contributed by atoms with Crippen molar-refractivity contribution in [3.63, 3.8) is 0 Å². The first-order valence-corrected chi connectivity index (χ1v) is 11.2. The van der Waals surface area contributed by atoms with Crippen LogP contribution in [0.5, 0.6) is 0 Å². The lowest BCUT2D eigenvalue weighted by molar-refractivity contribution is -0.155. The van der Waals surface area contributed by atoms with Crippen LogP contribution in [-0.4, -0.2) is 47.3 Å². The summed E-state index contributed by atoms with van der Waals surface area (Å²) in [6.45, 7) is -1.10. The van der Waals surface area contributed by atoms with Gasteiger partial charge in [0.25, 0.3) is 0 Å². The number of aliphatic carboxylic acids is 2. The number of carboxylic acids is 2. The molecule has 0 aliphatic carbocycles. The molecule has 0 amide bonds. The zero-order valence-corrected chi connectivity index (χ0v) is 18.1. The molecule has 8 nitrogen and oxygen atoms in total. The van der Waals surface area contributed by atoms with Crippen molar-refractivity contribution < 1.29 is 38.9 Å². The Hall–Kier alpha value is -2.12. The summed E-state index contributed by atoms with van der Waals surface area (Å²) in [7, 11) is 0. The Kier molecular flexibility index (Phi) is 18.7. The van der Waals surface area contributed by atoms with Gasteiger partial charge in [-0.3, -0.25) is 9.59 Å². The second-order valence-electron chi connectivity index (χ2n) is 7.56. The maximum absolute atomic E-state index is 11.2. The molecule has 0 heterocycles. The molecule has 0 aliphatic rings. The molecule has 174 valence electrons. The molecule has 2 N–H and O–H groups in total. The van der Waals surface area contributed by atoms with Crippen molar-refractivity contribution in [3.8, 4) is 0 Å². The summed E-state index contributed by atoms with van der Waals surface area (Å²) in [5.74, 6) is -3.12. The molecule has 0 aromatic carbocycles. The number of carboxylic acid groups (broad SMARTS) is 2. The van der Waals surface area contributed by atoms with Gasteiger partial charge in [-0.05, 0) is 12.8 Å². The average molecular weight is 431 g/mol. The van der Waals surface area contributed by atoms with Crippen molar-refractivity contribution >= 4 is 23.9 Å². The van der Waals surface area contributed by atoms with Gasteiger partial charge in [0.1, 0.15) is 0 Å². The number of esters is 2. The summed E-state index contributed by atoms with van der Waals surface area (Å²) in [5, 5.41) is 16.8. The van der Waals surface area contributed by atoms with Gasteiger partial charge in [-0.2, -0.15) is 0 Å². The van der Waals surface area contributed by atoms with E-state index in [-0.39, 0.29) is 0 Å². The molecule has 0 radical (unpaired) electrons. The minimum absolute atomic E-state index is 0.294. The third-order valence-electron chi connectivity index (χ3n) is 4.73. The fraction of sp³-hybridized carbons (Fsp3) is 0.818. The third kappa shape index (κ3) is 22.2. The van der Waals surface area contributed by atoms with E-state index in [2.05, 4.69) is 9.47 Å². The van der Waals surface area contributed by atoms with Crippen molar-refractivity contribution in [2.24, 2.45) is 0 Å². The summed E-state index contributed by atoms with van der Waals surface area (Å²) < 4.78 is 9.15. The fourth-order valence-electron chi connectivity index (χ4n) is 3.09. The van der Waals surface area contributed by atoms with Gasteiger partial charge in [-0.25, -0.2) is 9.59 Å². The predicted octanol–water partition coefficient (Wildman–Crippen LogP) is 4.48. The molecule has 0 aliphatic heterocycles. The van der Waals surface area contributed by atoms with Gasteiger partial charge in [0, 0.05) is 12.8 Å². The third-order valence-corrected chi connectivity index (χ3v) is 4.73. The largest absolute Gasteiger partial charge is 0.479 e. The lowest BCUT2D eigenvalue weighted by Crippen LogP contribution is -2.12. The normalized spacial score (nSPS) is 10.5. The van der Waals surface area contributed by atoms with Gasteiger partial charge in [0.15, 0.2) is 13.2 Å². The molecular formula is C22H38O8. The van der Waals surface area contributed by atoms with E-state index in [0.717, 1.165) is 38.5 Å². The maximum Gasteiger partial charge on any atom is 0.341 e. The van der Waals surface area contributed by atoms with Gasteiger partial charge in [-0.1, -0.05) is 77.0 Å². The second-order valence-corrected chi connectivity index (χ2v) is 7.56. The van der Waals surface area contributed by atoms with E-state index in [4.69, 9.17) is 10.2 Å². The van der Waals surface area contributed by atoms with Crippen LogP contribution in [0.2, 0.25) is 0 Å². The molecule has 0 aromatic rings. The van der Waals surface area contributed by atoms with Crippen LogP contribution in [0.1, 0.15) is 103 Å². The molecule has 0 saturated carbocycles. The summed E-state index contributed by atoms with van der Waals surface area (Å²) in [6.07, 6.45) is 15.9. The molecule has 0 rings (SSSR count). The fourth-order valence-corrected chi connectivity index (χ4v) is 3.09. The molecule has 0 unspecified atom stereocenters. The van der Waals surface area contributed by atoms with Gasteiger partial charge < -0.3 is 19.7 Å². The highest BCUT2D eigenvalue weighted by Crippen LogP contribution is 2.14. The number of unbranched alkanes of at least 4 members (excludes halogenated alkanes) is 13. The topological polar surface area (TPSA) is 127 Å². The lowest BCUT2D eigenvalue weighted by Gasteiger charge is -2.04. The zero-order chi connectivity index (χ0) is 22.5. The number of rotatable bonds is 21. The average Bonchev–Trinajstić information content (AvgIpc) is 2.70. The van der Waals surface area contributed by atoms with Crippen molar-refractivity contribution in [3.05, 3.63) is 0 Å². The van der Waals surface area contributed by atoms with E-state index in [1.165, 1.54) is 51.4 Å². The van der Waals surface area contributed by atoms with Crippen LogP contribution >= 0.6 is 0 Å². The van der Waals surface area contributed by atoms with Gasteiger partial charge in [0.05, 0.1) is 0 Å². The minimum atomic E-state index is -1.13. The Morgan fingerprint density at radius 2 is 0.667 bits per heavy atom. The Bertz CT molecular complexity index is 446. The highest BCUT2D eigenvalue weighted by molar-refractivity contribution is 5.75. The number of carbonyl (C=O) groups excluding carboxylic acids is 2. The molecule has 30 heavy (non-hydrogen) atoms. The predicted molar refractivity (Wildman–Crippen MR) is 111 cm³/mol. The van der Waals surface area contributed by atoms with Crippen LogP contribution in [-0.2, 0) is 28.7 Å². The van der Waals surface area contributed by atoms with Crippen molar-refractivity contribution in [2.45, 2.75) is 103 Å². The Morgan fingerprint density at radius 3 is 0.900 bits per heavy atom. The van der Waals surface area contributed by atoms with Gasteiger partial charge in [-0.15, -0.1) is 0 Å². The molecule has 0 aromatic heterocycles. The first kappa shape index (κ1) is 27.9. The van der Waals surface area contributed by atoms with Crippen LogP contribution in [0.25, 0.3) is 0 Å². The Labute approximate surface area is 179 Å². The van der Waals surface area contributed by atoms with Crippen LogP contribution in [0, 0.1) is 0 Å². The number of hydrogen-bond acceptors (Lipinski definition) is 6. The second kappa shape index (κ2) is 20.2. The summed E-state index contributed by atoms with van der Waals surface area (Å²) in [4.78, 5) is 43.0. The maximum atomic E-state index is 11.2. The molecular weight excluding hydrogens is 392 g/mol. The molecule has 0 atom stereocenters. The highest BCUT2D eigenvalue weighted by atomic mass is 16.6.